The number of fused-ring (bicyclic) bond motifs is 1. The Morgan fingerprint density at radius 3 is 2.94 bits per heavy atom. The molecule has 1 aliphatic rings. The molecular formula is C12H15ClFNO2. The van der Waals surface area contributed by atoms with Crippen LogP contribution in [0.15, 0.2) is 18.2 Å². The average molecular weight is 260 g/mol. The van der Waals surface area contributed by atoms with E-state index in [1.54, 1.807) is 13.0 Å². The number of aryl methyl sites for hydroxylation is 1. The molecule has 0 saturated carbocycles. The van der Waals surface area contributed by atoms with Gasteiger partial charge in [-0.1, -0.05) is 6.07 Å². The molecule has 3 nitrogen and oxygen atoms in total. The first-order chi connectivity index (χ1) is 7.58. The highest BCUT2D eigenvalue weighted by Gasteiger charge is 2.43. The van der Waals surface area contributed by atoms with Gasteiger partial charge in [-0.25, -0.2) is 9.18 Å². The minimum absolute atomic E-state index is 0. The van der Waals surface area contributed by atoms with Gasteiger partial charge in [0.15, 0.2) is 0 Å². The number of benzene rings is 1. The zero-order valence-corrected chi connectivity index (χ0v) is 10.3. The van der Waals surface area contributed by atoms with Crippen LogP contribution in [-0.2, 0) is 21.5 Å². The molecule has 0 heterocycles. The van der Waals surface area contributed by atoms with E-state index >= 15 is 0 Å². The van der Waals surface area contributed by atoms with Crippen molar-refractivity contribution in [3.8, 4) is 0 Å². The summed E-state index contributed by atoms with van der Waals surface area (Å²) in [5, 5.41) is 0. The fourth-order valence-electron chi connectivity index (χ4n) is 2.14. The molecular weight excluding hydrogens is 245 g/mol. The maximum atomic E-state index is 13.0. The topological polar surface area (TPSA) is 52.3 Å². The zero-order valence-electron chi connectivity index (χ0n) is 9.53. The molecule has 0 aliphatic heterocycles. The van der Waals surface area contributed by atoms with E-state index in [-0.39, 0.29) is 18.2 Å². The number of esters is 1. The molecule has 0 spiro atoms. The van der Waals surface area contributed by atoms with Crippen LogP contribution in [0.3, 0.4) is 0 Å². The van der Waals surface area contributed by atoms with Crippen molar-refractivity contribution in [3.63, 3.8) is 0 Å². The smallest absolute Gasteiger partial charge is 0.330 e. The summed E-state index contributed by atoms with van der Waals surface area (Å²) in [5.74, 6) is -0.729. The van der Waals surface area contributed by atoms with E-state index in [4.69, 9.17) is 10.5 Å². The van der Waals surface area contributed by atoms with Crippen LogP contribution in [0.2, 0.25) is 0 Å². The Hall–Kier alpha value is -1.13. The minimum Gasteiger partial charge on any atom is -0.464 e. The maximum Gasteiger partial charge on any atom is 0.330 e. The second kappa shape index (κ2) is 5.02. The molecule has 2 N–H and O–H groups in total. The Morgan fingerprint density at radius 2 is 2.29 bits per heavy atom. The predicted octanol–water partition coefficient (Wildman–Crippen LogP) is 1.91. The summed E-state index contributed by atoms with van der Waals surface area (Å²) in [6, 6.07) is 4.34. The highest BCUT2D eigenvalue weighted by Crippen LogP contribution is 2.36. The summed E-state index contributed by atoms with van der Waals surface area (Å²) in [4.78, 5) is 11.8. The first kappa shape index (κ1) is 13.9. The van der Waals surface area contributed by atoms with Gasteiger partial charge in [0, 0.05) is 0 Å². The van der Waals surface area contributed by atoms with Gasteiger partial charge < -0.3 is 10.5 Å². The Labute approximate surface area is 106 Å². The first-order valence-corrected chi connectivity index (χ1v) is 5.33. The van der Waals surface area contributed by atoms with Crippen LogP contribution in [-0.4, -0.2) is 12.6 Å². The van der Waals surface area contributed by atoms with E-state index in [0.29, 0.717) is 25.0 Å². The van der Waals surface area contributed by atoms with Gasteiger partial charge in [-0.3, -0.25) is 0 Å². The molecule has 0 saturated heterocycles. The Bertz CT molecular complexity index is 439. The van der Waals surface area contributed by atoms with Crippen LogP contribution in [0, 0.1) is 5.82 Å². The molecule has 2 rings (SSSR count). The zero-order chi connectivity index (χ0) is 11.8. The largest absolute Gasteiger partial charge is 0.464 e. The Morgan fingerprint density at radius 1 is 1.59 bits per heavy atom. The number of ether oxygens (including phenoxy) is 1. The number of nitrogens with two attached hydrogens (primary N) is 1. The monoisotopic (exact) mass is 259 g/mol. The standard InChI is InChI=1S/C12H14FNO2.ClH/c1-2-16-11(15)12(14)6-5-8-7-9(13)3-4-10(8)12;/h3-4,7H,2,5-6,14H2,1H3;1H. The maximum absolute atomic E-state index is 13.0. The van der Waals surface area contributed by atoms with Crippen LogP contribution in [0.5, 0.6) is 0 Å². The third-order valence-electron chi connectivity index (χ3n) is 2.98. The van der Waals surface area contributed by atoms with E-state index in [2.05, 4.69) is 0 Å². The SMILES string of the molecule is CCOC(=O)C1(N)CCc2cc(F)ccc21.Cl. The van der Waals surface area contributed by atoms with Gasteiger partial charge in [0.1, 0.15) is 11.4 Å². The van der Waals surface area contributed by atoms with Crippen molar-refractivity contribution in [1.29, 1.82) is 0 Å². The van der Waals surface area contributed by atoms with Crippen LogP contribution in [0.1, 0.15) is 24.5 Å². The summed E-state index contributed by atoms with van der Waals surface area (Å²) in [7, 11) is 0. The fourth-order valence-corrected chi connectivity index (χ4v) is 2.14. The van der Waals surface area contributed by atoms with E-state index in [9.17, 15) is 9.18 Å². The van der Waals surface area contributed by atoms with Gasteiger partial charge in [-0.2, -0.15) is 0 Å². The molecule has 0 bridgehead atoms. The van der Waals surface area contributed by atoms with Crippen LogP contribution in [0.25, 0.3) is 0 Å². The highest BCUT2D eigenvalue weighted by atomic mass is 35.5. The van der Waals surface area contributed by atoms with Gasteiger partial charge in [0.05, 0.1) is 6.61 Å². The number of carbonyl (C=O) groups excluding carboxylic acids is 1. The van der Waals surface area contributed by atoms with Gasteiger partial charge in [-0.05, 0) is 43.0 Å². The first-order valence-electron chi connectivity index (χ1n) is 5.33. The average Bonchev–Trinajstić information content (AvgIpc) is 2.58. The third-order valence-corrected chi connectivity index (χ3v) is 2.98. The van der Waals surface area contributed by atoms with Crippen molar-refractivity contribution >= 4 is 18.4 Å². The summed E-state index contributed by atoms with van der Waals surface area (Å²) < 4.78 is 18.0. The summed E-state index contributed by atoms with van der Waals surface area (Å²) in [6.45, 7) is 2.04. The normalized spacial score (nSPS) is 21.6. The number of rotatable bonds is 2. The van der Waals surface area contributed by atoms with Gasteiger partial charge in [0.2, 0.25) is 0 Å². The molecule has 0 radical (unpaired) electrons. The lowest BCUT2D eigenvalue weighted by molar-refractivity contribution is -0.150. The third kappa shape index (κ3) is 2.28. The lowest BCUT2D eigenvalue weighted by atomic mass is 9.93. The predicted molar refractivity (Wildman–Crippen MR) is 64.5 cm³/mol. The van der Waals surface area contributed by atoms with Crippen molar-refractivity contribution in [3.05, 3.63) is 35.1 Å². The summed E-state index contributed by atoms with van der Waals surface area (Å²) in [5.41, 5.74) is 6.44. The Balaban J connectivity index is 0.00000144. The molecule has 0 amide bonds. The van der Waals surface area contributed by atoms with Crippen molar-refractivity contribution in [2.24, 2.45) is 5.73 Å². The van der Waals surface area contributed by atoms with Crippen molar-refractivity contribution in [2.75, 3.05) is 6.61 Å². The number of hydrogen-bond acceptors (Lipinski definition) is 3. The summed E-state index contributed by atoms with van der Waals surface area (Å²) >= 11 is 0. The quantitative estimate of drug-likeness (QED) is 0.826. The van der Waals surface area contributed by atoms with Crippen LogP contribution >= 0.6 is 12.4 Å². The molecule has 1 aliphatic carbocycles. The van der Waals surface area contributed by atoms with Crippen molar-refractivity contribution in [1.82, 2.24) is 0 Å². The highest BCUT2D eigenvalue weighted by molar-refractivity contribution is 5.85. The van der Waals surface area contributed by atoms with Gasteiger partial charge in [0.25, 0.3) is 0 Å². The molecule has 0 fully saturated rings. The molecule has 1 aromatic carbocycles. The Kier molecular flexibility index (Phi) is 4.11. The number of carbonyl (C=O) groups is 1. The molecule has 1 aromatic rings. The number of hydrogen-bond donors (Lipinski definition) is 1. The van der Waals surface area contributed by atoms with E-state index in [0.717, 1.165) is 5.56 Å². The van der Waals surface area contributed by atoms with E-state index < -0.39 is 11.5 Å². The summed E-state index contributed by atoms with van der Waals surface area (Å²) in [6.07, 6.45) is 1.09. The fraction of sp³-hybridized carbons (Fsp3) is 0.417. The van der Waals surface area contributed by atoms with Gasteiger partial charge in [-0.15, -0.1) is 12.4 Å². The molecule has 0 aromatic heterocycles. The van der Waals surface area contributed by atoms with Crippen LogP contribution in [0.4, 0.5) is 4.39 Å². The van der Waals surface area contributed by atoms with Crippen LogP contribution < -0.4 is 5.73 Å². The van der Waals surface area contributed by atoms with Crippen molar-refractivity contribution < 1.29 is 13.9 Å². The van der Waals surface area contributed by atoms with E-state index in [1.807, 2.05) is 0 Å². The molecule has 1 atom stereocenters. The second-order valence-electron chi connectivity index (χ2n) is 3.99. The second-order valence-corrected chi connectivity index (χ2v) is 3.99. The van der Waals surface area contributed by atoms with Gasteiger partial charge >= 0.3 is 5.97 Å². The molecule has 94 valence electrons. The lowest BCUT2D eigenvalue weighted by Gasteiger charge is -2.22. The minimum atomic E-state index is -1.10. The molecule has 1 unspecified atom stereocenters. The molecule has 17 heavy (non-hydrogen) atoms. The van der Waals surface area contributed by atoms with E-state index in [1.165, 1.54) is 12.1 Å². The number of halogens is 2. The van der Waals surface area contributed by atoms with Crippen molar-refractivity contribution in [2.45, 2.75) is 25.3 Å². The lowest BCUT2D eigenvalue weighted by Crippen LogP contribution is -2.44. The molecule has 5 heteroatoms.